The SMILES string of the molecule is CC(C)(C)OC(=O)N1CCCO[C@H](C(=O)NC(C#N)CC23CCC(c4ccc(C#N)cc4)(CC2)CC3)C1. The molecule has 0 radical (unpaired) electrons. The molecule has 2 amide bonds. The minimum Gasteiger partial charge on any atom is -0.444 e. The van der Waals surface area contributed by atoms with E-state index in [0.717, 1.165) is 38.5 Å². The van der Waals surface area contributed by atoms with Gasteiger partial charge in [-0.1, -0.05) is 12.1 Å². The molecule has 1 aliphatic heterocycles. The lowest BCUT2D eigenvalue weighted by Gasteiger charge is -2.54. The van der Waals surface area contributed by atoms with Crippen LogP contribution in [0.3, 0.4) is 0 Å². The van der Waals surface area contributed by atoms with Crippen molar-refractivity contribution in [3.8, 4) is 12.1 Å². The summed E-state index contributed by atoms with van der Waals surface area (Å²) in [5, 5.41) is 21.9. The van der Waals surface area contributed by atoms with E-state index in [1.54, 1.807) is 0 Å². The quantitative estimate of drug-likeness (QED) is 0.625. The number of amides is 2. The summed E-state index contributed by atoms with van der Waals surface area (Å²) in [6, 6.07) is 11.9. The molecule has 1 aromatic carbocycles. The van der Waals surface area contributed by atoms with E-state index in [4.69, 9.17) is 14.7 Å². The van der Waals surface area contributed by atoms with Crippen LogP contribution in [0.5, 0.6) is 0 Å². The van der Waals surface area contributed by atoms with Crippen molar-refractivity contribution in [1.29, 1.82) is 10.5 Å². The second kappa shape index (κ2) is 10.7. The molecular weight excluding hydrogens is 468 g/mol. The molecule has 1 unspecified atom stereocenters. The average molecular weight is 507 g/mol. The number of fused-ring (bicyclic) bond motifs is 3. The third-order valence-electron chi connectivity index (χ3n) is 8.36. The summed E-state index contributed by atoms with van der Waals surface area (Å²) >= 11 is 0. The van der Waals surface area contributed by atoms with E-state index in [1.807, 2.05) is 32.9 Å². The molecule has 3 aliphatic carbocycles. The minimum atomic E-state index is -0.829. The van der Waals surface area contributed by atoms with Gasteiger partial charge in [0.2, 0.25) is 0 Å². The van der Waals surface area contributed by atoms with E-state index in [2.05, 4.69) is 29.6 Å². The summed E-state index contributed by atoms with van der Waals surface area (Å²) in [5.74, 6) is -0.350. The van der Waals surface area contributed by atoms with Crippen molar-refractivity contribution in [2.45, 2.75) is 95.3 Å². The maximum atomic E-state index is 13.1. The second-order valence-corrected chi connectivity index (χ2v) is 12.0. The van der Waals surface area contributed by atoms with Gasteiger partial charge < -0.3 is 19.7 Å². The zero-order valence-electron chi connectivity index (χ0n) is 22.2. The number of nitrogens with zero attached hydrogens (tertiary/aromatic N) is 3. The van der Waals surface area contributed by atoms with E-state index in [1.165, 1.54) is 10.5 Å². The van der Waals surface area contributed by atoms with E-state index in [0.29, 0.717) is 31.6 Å². The molecular formula is C29H38N4O4. The Morgan fingerprint density at radius 3 is 2.35 bits per heavy atom. The minimum absolute atomic E-state index is 0.0505. The van der Waals surface area contributed by atoms with Crippen LogP contribution in [0.1, 0.15) is 83.3 Å². The zero-order valence-corrected chi connectivity index (χ0v) is 22.2. The van der Waals surface area contributed by atoms with Crippen molar-refractivity contribution < 1.29 is 19.1 Å². The largest absolute Gasteiger partial charge is 0.444 e. The lowest BCUT2D eigenvalue weighted by molar-refractivity contribution is -0.133. The first kappa shape index (κ1) is 26.9. The molecule has 37 heavy (non-hydrogen) atoms. The first-order chi connectivity index (χ1) is 17.6. The highest BCUT2D eigenvalue weighted by Gasteiger charge is 2.50. The van der Waals surface area contributed by atoms with E-state index >= 15 is 0 Å². The van der Waals surface area contributed by atoms with Crippen molar-refractivity contribution >= 4 is 12.0 Å². The number of hydrogen-bond acceptors (Lipinski definition) is 6. The van der Waals surface area contributed by atoms with Crippen LogP contribution in [0.25, 0.3) is 0 Å². The standard InChI is InChI=1S/C29H38N4O4/c1-27(2,3)37-26(35)33-15-4-16-36-24(20-33)25(34)32-23(19-31)17-28-9-12-29(13-10-28,14-11-28)22-7-5-21(18-30)6-8-22/h5-8,23-24H,4,9-17,20H2,1-3H3,(H,32,34)/t23?,24-,28?,29?/m0/s1. The van der Waals surface area contributed by atoms with Crippen molar-refractivity contribution in [2.75, 3.05) is 19.7 Å². The number of carbonyl (C=O) groups is 2. The average Bonchev–Trinajstić information content (AvgIpc) is 3.15. The number of carbonyl (C=O) groups excluding carboxylic acids is 2. The van der Waals surface area contributed by atoms with E-state index in [9.17, 15) is 14.9 Å². The molecule has 4 fully saturated rings. The van der Waals surface area contributed by atoms with Gasteiger partial charge in [-0.3, -0.25) is 4.79 Å². The van der Waals surface area contributed by atoms with Crippen LogP contribution in [-0.2, 0) is 19.7 Å². The van der Waals surface area contributed by atoms with Crippen molar-refractivity contribution in [3.63, 3.8) is 0 Å². The van der Waals surface area contributed by atoms with Gasteiger partial charge in [-0.15, -0.1) is 0 Å². The molecule has 5 rings (SSSR count). The molecule has 4 aliphatic rings. The maximum absolute atomic E-state index is 13.1. The third kappa shape index (κ3) is 6.25. The number of rotatable bonds is 5. The van der Waals surface area contributed by atoms with Gasteiger partial charge in [0.25, 0.3) is 5.91 Å². The Morgan fingerprint density at radius 1 is 1.14 bits per heavy atom. The van der Waals surface area contributed by atoms with Crippen LogP contribution in [-0.4, -0.2) is 54.3 Å². The number of hydrogen-bond donors (Lipinski definition) is 1. The van der Waals surface area contributed by atoms with Crippen LogP contribution in [0, 0.1) is 28.1 Å². The highest BCUT2D eigenvalue weighted by atomic mass is 16.6. The summed E-state index contributed by atoms with van der Waals surface area (Å²) < 4.78 is 11.2. The summed E-state index contributed by atoms with van der Waals surface area (Å²) in [6.07, 6.45) is 6.20. The molecule has 8 nitrogen and oxygen atoms in total. The molecule has 198 valence electrons. The van der Waals surface area contributed by atoms with Gasteiger partial charge in [0.1, 0.15) is 11.6 Å². The third-order valence-corrected chi connectivity index (χ3v) is 8.36. The maximum Gasteiger partial charge on any atom is 0.410 e. The number of nitriles is 2. The van der Waals surface area contributed by atoms with Crippen LogP contribution in [0.2, 0.25) is 0 Å². The van der Waals surface area contributed by atoms with Gasteiger partial charge in [0.15, 0.2) is 6.10 Å². The second-order valence-electron chi connectivity index (χ2n) is 12.0. The van der Waals surface area contributed by atoms with Crippen molar-refractivity contribution in [3.05, 3.63) is 35.4 Å². The van der Waals surface area contributed by atoms with Gasteiger partial charge in [-0.25, -0.2) is 4.79 Å². The fraction of sp³-hybridized carbons (Fsp3) is 0.655. The summed E-state index contributed by atoms with van der Waals surface area (Å²) in [4.78, 5) is 27.2. The van der Waals surface area contributed by atoms with Gasteiger partial charge in [0, 0.05) is 13.2 Å². The molecule has 0 spiro atoms. The molecule has 2 atom stereocenters. The smallest absolute Gasteiger partial charge is 0.410 e. The Hall–Kier alpha value is -3.10. The predicted octanol–water partition coefficient (Wildman–Crippen LogP) is 4.57. The van der Waals surface area contributed by atoms with Gasteiger partial charge in [0.05, 0.1) is 24.2 Å². The lowest BCUT2D eigenvalue weighted by atomic mass is 9.50. The fourth-order valence-corrected chi connectivity index (χ4v) is 6.20. The molecule has 8 heteroatoms. The fourth-order valence-electron chi connectivity index (χ4n) is 6.20. The molecule has 2 bridgehead atoms. The molecule has 0 aromatic heterocycles. The predicted molar refractivity (Wildman–Crippen MR) is 137 cm³/mol. The Kier molecular flexibility index (Phi) is 7.80. The molecule has 1 heterocycles. The van der Waals surface area contributed by atoms with Gasteiger partial charge in [-0.2, -0.15) is 10.5 Å². The number of nitrogens with one attached hydrogen (secondary N) is 1. The Balaban J connectivity index is 1.35. The van der Waals surface area contributed by atoms with Crippen molar-refractivity contribution in [2.24, 2.45) is 5.41 Å². The summed E-state index contributed by atoms with van der Waals surface area (Å²) in [6.45, 7) is 6.37. The summed E-state index contributed by atoms with van der Waals surface area (Å²) in [5.41, 5.74) is 1.57. The van der Waals surface area contributed by atoms with E-state index in [-0.39, 0.29) is 23.3 Å². The van der Waals surface area contributed by atoms with E-state index < -0.39 is 23.8 Å². The first-order valence-electron chi connectivity index (χ1n) is 13.4. The molecule has 1 N–H and O–H groups in total. The van der Waals surface area contributed by atoms with Gasteiger partial charge >= 0.3 is 6.09 Å². The normalized spacial score (nSPS) is 28.4. The Labute approximate surface area is 219 Å². The van der Waals surface area contributed by atoms with Crippen LogP contribution >= 0.6 is 0 Å². The first-order valence-corrected chi connectivity index (χ1v) is 13.4. The number of benzene rings is 1. The summed E-state index contributed by atoms with van der Waals surface area (Å²) in [7, 11) is 0. The Bertz CT molecular complexity index is 1050. The number of ether oxygens (including phenoxy) is 2. The topological polar surface area (TPSA) is 115 Å². The van der Waals surface area contributed by atoms with Crippen LogP contribution in [0.15, 0.2) is 24.3 Å². The molecule has 1 saturated heterocycles. The molecule has 3 saturated carbocycles. The zero-order chi connectivity index (χ0) is 26.7. The van der Waals surface area contributed by atoms with Gasteiger partial charge in [-0.05, 0) is 101 Å². The molecule has 1 aromatic rings. The van der Waals surface area contributed by atoms with Crippen molar-refractivity contribution in [1.82, 2.24) is 10.2 Å². The monoisotopic (exact) mass is 506 g/mol. The van der Waals surface area contributed by atoms with Crippen LogP contribution < -0.4 is 5.32 Å². The Morgan fingerprint density at radius 2 is 1.78 bits per heavy atom. The highest BCUT2D eigenvalue weighted by molar-refractivity contribution is 5.82. The lowest BCUT2D eigenvalue weighted by Crippen LogP contribution is -2.51. The highest BCUT2D eigenvalue weighted by Crippen LogP contribution is 2.59. The van der Waals surface area contributed by atoms with Crippen LogP contribution in [0.4, 0.5) is 4.79 Å².